The topological polar surface area (TPSA) is 58.9 Å². The second-order valence-electron chi connectivity index (χ2n) is 3.97. The SMILES string of the molecule is CC1(C(=O)O)CC(c2cc(Cl)ccc2F)=NO1. The quantitative estimate of drug-likeness (QED) is 0.885. The van der Waals surface area contributed by atoms with E-state index in [0.29, 0.717) is 5.02 Å². The zero-order valence-electron chi connectivity index (χ0n) is 8.91. The number of benzene rings is 1. The predicted molar refractivity (Wildman–Crippen MR) is 59.7 cm³/mol. The van der Waals surface area contributed by atoms with Crippen molar-refractivity contribution < 1.29 is 19.1 Å². The third kappa shape index (κ3) is 2.10. The van der Waals surface area contributed by atoms with Crippen LogP contribution in [0, 0.1) is 5.82 Å². The fraction of sp³-hybridized carbons (Fsp3) is 0.273. The molecule has 0 bridgehead atoms. The number of halogens is 2. The van der Waals surface area contributed by atoms with Crippen LogP contribution in [0.3, 0.4) is 0 Å². The Morgan fingerprint density at radius 1 is 1.65 bits per heavy atom. The Kier molecular flexibility index (Phi) is 2.79. The molecule has 90 valence electrons. The van der Waals surface area contributed by atoms with Crippen LogP contribution in [-0.2, 0) is 9.63 Å². The van der Waals surface area contributed by atoms with Crippen molar-refractivity contribution in [2.24, 2.45) is 5.16 Å². The molecule has 0 amide bonds. The van der Waals surface area contributed by atoms with E-state index in [2.05, 4.69) is 5.16 Å². The predicted octanol–water partition coefficient (Wildman–Crippen LogP) is 2.45. The van der Waals surface area contributed by atoms with E-state index in [1.807, 2.05) is 0 Å². The lowest BCUT2D eigenvalue weighted by atomic mass is 9.96. The van der Waals surface area contributed by atoms with Crippen molar-refractivity contribution in [3.63, 3.8) is 0 Å². The van der Waals surface area contributed by atoms with E-state index >= 15 is 0 Å². The second kappa shape index (κ2) is 4.00. The summed E-state index contributed by atoms with van der Waals surface area (Å²) in [6.45, 7) is 1.38. The van der Waals surface area contributed by atoms with Crippen molar-refractivity contribution in [1.82, 2.24) is 0 Å². The van der Waals surface area contributed by atoms with Crippen LogP contribution in [0.2, 0.25) is 5.02 Å². The lowest BCUT2D eigenvalue weighted by Crippen LogP contribution is -2.35. The minimum atomic E-state index is -1.44. The van der Waals surface area contributed by atoms with Crippen LogP contribution in [0.1, 0.15) is 18.9 Å². The first-order valence-corrected chi connectivity index (χ1v) is 5.24. The van der Waals surface area contributed by atoms with Crippen LogP contribution in [0.25, 0.3) is 0 Å². The first-order valence-electron chi connectivity index (χ1n) is 4.86. The molecule has 1 heterocycles. The maximum atomic E-state index is 13.5. The van der Waals surface area contributed by atoms with Crippen molar-refractivity contribution in [2.45, 2.75) is 18.9 Å². The molecule has 1 aliphatic rings. The summed E-state index contributed by atoms with van der Waals surface area (Å²) >= 11 is 5.75. The van der Waals surface area contributed by atoms with E-state index in [-0.39, 0.29) is 17.7 Å². The molecule has 0 radical (unpaired) electrons. The third-order valence-corrected chi connectivity index (χ3v) is 2.79. The highest BCUT2D eigenvalue weighted by atomic mass is 35.5. The van der Waals surface area contributed by atoms with Crippen LogP contribution in [-0.4, -0.2) is 22.4 Å². The van der Waals surface area contributed by atoms with Gasteiger partial charge in [-0.3, -0.25) is 0 Å². The summed E-state index contributed by atoms with van der Waals surface area (Å²) in [5.74, 6) is -1.65. The lowest BCUT2D eigenvalue weighted by molar-refractivity contribution is -0.160. The summed E-state index contributed by atoms with van der Waals surface area (Å²) in [5, 5.41) is 12.9. The number of carboxylic acid groups (broad SMARTS) is 1. The molecule has 1 unspecified atom stereocenters. The summed E-state index contributed by atoms with van der Waals surface area (Å²) in [4.78, 5) is 15.8. The summed E-state index contributed by atoms with van der Waals surface area (Å²) in [6.07, 6.45) is -0.000401. The average Bonchev–Trinajstić information content (AvgIpc) is 2.66. The van der Waals surface area contributed by atoms with E-state index in [1.165, 1.54) is 25.1 Å². The van der Waals surface area contributed by atoms with Gasteiger partial charge in [-0.25, -0.2) is 9.18 Å². The first kappa shape index (κ1) is 11.9. The van der Waals surface area contributed by atoms with Gasteiger partial charge in [-0.15, -0.1) is 0 Å². The zero-order chi connectivity index (χ0) is 12.6. The molecular weight excluding hydrogens is 249 g/mol. The van der Waals surface area contributed by atoms with Crippen LogP contribution in [0.5, 0.6) is 0 Å². The smallest absolute Gasteiger partial charge is 0.351 e. The summed E-state index contributed by atoms with van der Waals surface area (Å²) in [5.41, 5.74) is -1.03. The standard InChI is InChI=1S/C11H9ClFNO3/c1-11(10(15)16)5-9(14-17-11)7-4-6(12)2-3-8(7)13/h2-4H,5H2,1H3,(H,15,16). The molecule has 0 spiro atoms. The Morgan fingerprint density at radius 3 is 2.94 bits per heavy atom. The Balaban J connectivity index is 2.32. The molecule has 1 atom stereocenters. The fourth-order valence-corrected chi connectivity index (χ4v) is 1.69. The first-order chi connectivity index (χ1) is 7.92. The number of carbonyl (C=O) groups is 1. The minimum absolute atomic E-state index is 0.000401. The molecule has 0 saturated carbocycles. The minimum Gasteiger partial charge on any atom is -0.478 e. The van der Waals surface area contributed by atoms with Gasteiger partial charge in [-0.05, 0) is 25.1 Å². The zero-order valence-corrected chi connectivity index (χ0v) is 9.66. The van der Waals surface area contributed by atoms with E-state index < -0.39 is 17.4 Å². The van der Waals surface area contributed by atoms with Crippen LogP contribution in [0.4, 0.5) is 4.39 Å². The van der Waals surface area contributed by atoms with Gasteiger partial charge in [-0.2, -0.15) is 0 Å². The maximum Gasteiger partial charge on any atom is 0.351 e. The van der Waals surface area contributed by atoms with Crippen molar-refractivity contribution in [2.75, 3.05) is 0 Å². The van der Waals surface area contributed by atoms with E-state index in [9.17, 15) is 9.18 Å². The molecule has 1 aromatic carbocycles. The highest BCUT2D eigenvalue weighted by Gasteiger charge is 2.42. The van der Waals surface area contributed by atoms with Gasteiger partial charge in [0.25, 0.3) is 0 Å². The monoisotopic (exact) mass is 257 g/mol. The summed E-state index contributed by atoms with van der Waals surface area (Å²) in [7, 11) is 0. The number of hydrogen-bond acceptors (Lipinski definition) is 3. The van der Waals surface area contributed by atoms with Gasteiger partial charge in [0.2, 0.25) is 5.60 Å². The van der Waals surface area contributed by atoms with E-state index in [1.54, 1.807) is 0 Å². The van der Waals surface area contributed by atoms with Crippen LogP contribution >= 0.6 is 11.6 Å². The Labute approximate surface area is 102 Å². The Morgan fingerprint density at radius 2 is 2.35 bits per heavy atom. The highest BCUT2D eigenvalue weighted by Crippen LogP contribution is 2.28. The Bertz CT molecular complexity index is 517. The molecule has 0 fully saturated rings. The van der Waals surface area contributed by atoms with Gasteiger partial charge in [0.05, 0.1) is 5.71 Å². The van der Waals surface area contributed by atoms with Gasteiger partial charge in [0.1, 0.15) is 5.82 Å². The van der Waals surface area contributed by atoms with Gasteiger partial charge >= 0.3 is 5.97 Å². The van der Waals surface area contributed by atoms with Gasteiger partial charge in [0, 0.05) is 17.0 Å². The van der Waals surface area contributed by atoms with Crippen molar-refractivity contribution in [3.05, 3.63) is 34.6 Å². The number of rotatable bonds is 2. The largest absolute Gasteiger partial charge is 0.478 e. The molecule has 6 heteroatoms. The summed E-state index contributed by atoms with van der Waals surface area (Å²) in [6, 6.07) is 4.01. The molecule has 2 rings (SSSR count). The molecule has 1 aliphatic heterocycles. The van der Waals surface area contributed by atoms with Crippen molar-refractivity contribution in [3.8, 4) is 0 Å². The number of aliphatic carboxylic acids is 1. The maximum absolute atomic E-state index is 13.5. The number of nitrogens with zero attached hydrogens (tertiary/aromatic N) is 1. The number of hydrogen-bond donors (Lipinski definition) is 1. The van der Waals surface area contributed by atoms with Crippen LogP contribution < -0.4 is 0 Å². The molecule has 0 aliphatic carbocycles. The molecule has 17 heavy (non-hydrogen) atoms. The number of oxime groups is 1. The van der Waals surface area contributed by atoms with Gasteiger partial charge in [-0.1, -0.05) is 16.8 Å². The summed E-state index contributed by atoms with van der Waals surface area (Å²) < 4.78 is 13.5. The molecule has 4 nitrogen and oxygen atoms in total. The lowest BCUT2D eigenvalue weighted by Gasteiger charge is -2.14. The molecule has 0 saturated heterocycles. The van der Waals surface area contributed by atoms with E-state index in [0.717, 1.165) is 0 Å². The van der Waals surface area contributed by atoms with Crippen molar-refractivity contribution >= 4 is 23.3 Å². The molecule has 0 aromatic heterocycles. The van der Waals surface area contributed by atoms with E-state index in [4.69, 9.17) is 21.5 Å². The number of carboxylic acids is 1. The normalized spacial score (nSPS) is 23.1. The average molecular weight is 258 g/mol. The second-order valence-corrected chi connectivity index (χ2v) is 4.40. The highest BCUT2D eigenvalue weighted by molar-refractivity contribution is 6.31. The van der Waals surface area contributed by atoms with Crippen LogP contribution in [0.15, 0.2) is 23.4 Å². The van der Waals surface area contributed by atoms with Gasteiger partial charge < -0.3 is 9.94 Å². The van der Waals surface area contributed by atoms with Crippen molar-refractivity contribution in [1.29, 1.82) is 0 Å². The molecule has 1 N–H and O–H groups in total. The molecular formula is C11H9ClFNO3. The third-order valence-electron chi connectivity index (χ3n) is 2.55. The molecule has 1 aromatic rings. The van der Waals surface area contributed by atoms with Gasteiger partial charge in [0.15, 0.2) is 0 Å². The Hall–Kier alpha value is -1.62. The fourth-order valence-electron chi connectivity index (χ4n) is 1.52.